The first kappa shape index (κ1) is 23.7. The Morgan fingerprint density at radius 3 is 2.43 bits per heavy atom. The van der Waals surface area contributed by atoms with Gasteiger partial charge in [0.05, 0.1) is 23.0 Å². The van der Waals surface area contributed by atoms with Crippen LogP contribution in [-0.4, -0.2) is 62.3 Å². The second-order valence-corrected chi connectivity index (χ2v) is 11.3. The van der Waals surface area contributed by atoms with Crippen molar-refractivity contribution in [1.82, 2.24) is 9.21 Å². The Balaban J connectivity index is 1.26. The summed E-state index contributed by atoms with van der Waals surface area (Å²) in [5, 5.41) is 4.78. The third kappa shape index (κ3) is 5.01. The number of carbonyl (C=O) groups is 2. The SMILES string of the molecule is O=C(Nc1ccc2c(c1)CN(C(=O)c1cccs1)CC2)c1ccc(S(=O)(=O)N2CCOCC2)cc1. The van der Waals surface area contributed by atoms with Crippen molar-refractivity contribution < 1.29 is 22.7 Å². The maximum absolute atomic E-state index is 12.8. The highest BCUT2D eigenvalue weighted by atomic mass is 32.2. The Morgan fingerprint density at radius 2 is 1.71 bits per heavy atom. The summed E-state index contributed by atoms with van der Waals surface area (Å²) in [6.07, 6.45) is 0.764. The largest absolute Gasteiger partial charge is 0.379 e. The van der Waals surface area contributed by atoms with Gasteiger partial charge in [0.1, 0.15) is 0 Å². The highest BCUT2D eigenvalue weighted by Gasteiger charge is 2.26. The molecule has 2 amide bonds. The molecule has 2 aliphatic heterocycles. The van der Waals surface area contributed by atoms with Crippen LogP contribution in [0.15, 0.2) is 64.9 Å². The summed E-state index contributed by atoms with van der Waals surface area (Å²) in [5.74, 6) is -0.310. The van der Waals surface area contributed by atoms with E-state index in [9.17, 15) is 18.0 Å². The Bertz CT molecular complexity index is 1330. The van der Waals surface area contributed by atoms with Crippen LogP contribution in [0, 0.1) is 0 Å². The normalized spacial score (nSPS) is 16.5. The van der Waals surface area contributed by atoms with E-state index in [-0.39, 0.29) is 16.7 Å². The summed E-state index contributed by atoms with van der Waals surface area (Å²) in [6.45, 7) is 2.54. The lowest BCUT2D eigenvalue weighted by atomic mass is 9.98. The molecule has 0 saturated carbocycles. The van der Waals surface area contributed by atoms with Crippen molar-refractivity contribution in [2.75, 3.05) is 38.2 Å². The Labute approximate surface area is 208 Å². The van der Waals surface area contributed by atoms with Crippen molar-refractivity contribution in [3.05, 3.63) is 81.5 Å². The third-order valence-electron chi connectivity index (χ3n) is 6.22. The Morgan fingerprint density at radius 1 is 0.943 bits per heavy atom. The second-order valence-electron chi connectivity index (χ2n) is 8.43. The molecule has 0 radical (unpaired) electrons. The van der Waals surface area contributed by atoms with Gasteiger partial charge in [-0.1, -0.05) is 12.1 Å². The molecule has 0 atom stereocenters. The topological polar surface area (TPSA) is 96.0 Å². The number of anilines is 1. The van der Waals surface area contributed by atoms with Crippen molar-refractivity contribution in [2.24, 2.45) is 0 Å². The number of amides is 2. The number of thiophene rings is 1. The first-order chi connectivity index (χ1) is 16.9. The number of nitrogens with zero attached hydrogens (tertiary/aromatic N) is 2. The fourth-order valence-corrected chi connectivity index (χ4v) is 6.38. The van der Waals surface area contributed by atoms with E-state index in [4.69, 9.17) is 4.74 Å². The molecule has 0 aliphatic carbocycles. The van der Waals surface area contributed by atoms with E-state index in [1.807, 2.05) is 40.6 Å². The Kier molecular flexibility index (Phi) is 6.70. The van der Waals surface area contributed by atoms with Gasteiger partial charge in [-0.2, -0.15) is 4.31 Å². The van der Waals surface area contributed by atoms with Gasteiger partial charge in [0.25, 0.3) is 11.8 Å². The van der Waals surface area contributed by atoms with Crippen molar-refractivity contribution in [1.29, 1.82) is 0 Å². The number of hydrogen-bond acceptors (Lipinski definition) is 6. The number of carbonyl (C=O) groups excluding carboxylic acids is 2. The maximum Gasteiger partial charge on any atom is 0.264 e. The lowest BCUT2D eigenvalue weighted by Crippen LogP contribution is -2.40. The average molecular weight is 512 g/mol. The van der Waals surface area contributed by atoms with Crippen molar-refractivity contribution in [3.8, 4) is 0 Å². The number of hydrogen-bond donors (Lipinski definition) is 1. The molecule has 1 aromatic heterocycles. The highest BCUT2D eigenvalue weighted by molar-refractivity contribution is 7.89. The molecule has 8 nitrogen and oxygen atoms in total. The van der Waals surface area contributed by atoms with Gasteiger partial charge in [-0.05, 0) is 65.4 Å². The summed E-state index contributed by atoms with van der Waals surface area (Å²) in [6, 6.07) is 15.4. The number of rotatable bonds is 5. The zero-order valence-electron chi connectivity index (χ0n) is 19.0. The first-order valence-electron chi connectivity index (χ1n) is 11.4. The zero-order valence-corrected chi connectivity index (χ0v) is 20.6. The molecule has 0 spiro atoms. The fraction of sp³-hybridized carbons (Fsp3) is 0.280. The van der Waals surface area contributed by atoms with Crippen LogP contribution in [0.5, 0.6) is 0 Å². The molecular weight excluding hydrogens is 486 g/mol. The van der Waals surface area contributed by atoms with Crippen molar-refractivity contribution in [3.63, 3.8) is 0 Å². The molecule has 1 N–H and O–H groups in total. The predicted molar refractivity (Wildman–Crippen MR) is 133 cm³/mol. The summed E-state index contributed by atoms with van der Waals surface area (Å²) < 4.78 is 32.2. The summed E-state index contributed by atoms with van der Waals surface area (Å²) in [5.41, 5.74) is 3.16. The van der Waals surface area contributed by atoms with Gasteiger partial charge in [-0.25, -0.2) is 8.42 Å². The van der Waals surface area contributed by atoms with Crippen LogP contribution in [-0.2, 0) is 27.7 Å². The number of sulfonamides is 1. The molecule has 5 rings (SSSR count). The molecule has 3 aromatic rings. The van der Waals surface area contributed by atoms with Gasteiger partial charge in [-0.3, -0.25) is 9.59 Å². The molecule has 182 valence electrons. The zero-order chi connectivity index (χ0) is 24.4. The number of ether oxygens (including phenoxy) is 1. The predicted octanol–water partition coefficient (Wildman–Crippen LogP) is 3.22. The third-order valence-corrected chi connectivity index (χ3v) is 8.99. The Hall–Kier alpha value is -3.05. The molecule has 0 unspecified atom stereocenters. The fourth-order valence-electron chi connectivity index (χ4n) is 4.28. The van der Waals surface area contributed by atoms with Crippen LogP contribution < -0.4 is 5.32 Å². The molecule has 3 heterocycles. The number of nitrogens with one attached hydrogen (secondary N) is 1. The van der Waals surface area contributed by atoms with Crippen LogP contribution in [0.2, 0.25) is 0 Å². The van der Waals surface area contributed by atoms with E-state index in [1.54, 1.807) is 0 Å². The van der Waals surface area contributed by atoms with Gasteiger partial charge in [-0.15, -0.1) is 11.3 Å². The van der Waals surface area contributed by atoms with Gasteiger partial charge in [0.15, 0.2) is 0 Å². The van der Waals surface area contributed by atoms with Crippen LogP contribution in [0.3, 0.4) is 0 Å². The summed E-state index contributed by atoms with van der Waals surface area (Å²) in [4.78, 5) is 28.3. The maximum atomic E-state index is 12.8. The summed E-state index contributed by atoms with van der Waals surface area (Å²) >= 11 is 1.43. The van der Waals surface area contributed by atoms with Crippen LogP contribution in [0.4, 0.5) is 5.69 Å². The van der Waals surface area contributed by atoms with Crippen LogP contribution in [0.25, 0.3) is 0 Å². The molecular formula is C25H25N3O5S2. The van der Waals surface area contributed by atoms with E-state index in [1.165, 1.54) is 39.9 Å². The standard InChI is InChI=1S/C25H25N3O5S2/c29-24(19-4-7-22(8-5-19)35(31,32)28-11-13-33-14-12-28)26-21-6-3-18-9-10-27(17-20(18)16-21)25(30)23-2-1-15-34-23/h1-8,15-16H,9-14,17H2,(H,26,29). The average Bonchev–Trinajstić information content (AvgIpc) is 3.43. The lowest BCUT2D eigenvalue weighted by molar-refractivity contribution is 0.0730. The highest BCUT2D eigenvalue weighted by Crippen LogP contribution is 2.25. The van der Waals surface area contributed by atoms with E-state index >= 15 is 0 Å². The molecule has 1 fully saturated rings. The number of morpholine rings is 1. The quantitative estimate of drug-likeness (QED) is 0.568. The van der Waals surface area contributed by atoms with Gasteiger partial charge < -0.3 is 15.0 Å². The molecule has 10 heteroatoms. The lowest BCUT2D eigenvalue weighted by Gasteiger charge is -2.29. The smallest absolute Gasteiger partial charge is 0.264 e. The van der Waals surface area contributed by atoms with E-state index in [0.29, 0.717) is 50.6 Å². The minimum atomic E-state index is -3.61. The number of benzene rings is 2. The van der Waals surface area contributed by atoms with Gasteiger partial charge in [0, 0.05) is 37.4 Å². The van der Waals surface area contributed by atoms with Crippen molar-refractivity contribution >= 4 is 38.9 Å². The van der Waals surface area contributed by atoms with E-state index in [2.05, 4.69) is 5.32 Å². The van der Waals surface area contributed by atoms with Crippen molar-refractivity contribution in [2.45, 2.75) is 17.9 Å². The first-order valence-corrected chi connectivity index (χ1v) is 13.7. The van der Waals surface area contributed by atoms with Gasteiger partial charge >= 0.3 is 0 Å². The van der Waals surface area contributed by atoms with E-state index in [0.717, 1.165) is 22.4 Å². The molecule has 35 heavy (non-hydrogen) atoms. The molecule has 2 aromatic carbocycles. The van der Waals surface area contributed by atoms with Crippen LogP contribution >= 0.6 is 11.3 Å². The minimum absolute atomic E-state index is 0.0206. The molecule has 2 aliphatic rings. The van der Waals surface area contributed by atoms with Crippen LogP contribution in [0.1, 0.15) is 31.2 Å². The molecule has 1 saturated heterocycles. The van der Waals surface area contributed by atoms with E-state index < -0.39 is 10.0 Å². The summed E-state index contributed by atoms with van der Waals surface area (Å²) in [7, 11) is -3.61. The molecule has 0 bridgehead atoms. The monoisotopic (exact) mass is 511 g/mol. The minimum Gasteiger partial charge on any atom is -0.379 e. The number of fused-ring (bicyclic) bond motifs is 1. The van der Waals surface area contributed by atoms with Gasteiger partial charge in [0.2, 0.25) is 10.0 Å². The second kappa shape index (κ2) is 9.90.